The highest BCUT2D eigenvalue weighted by Gasteiger charge is 2.12. The Kier molecular flexibility index (Phi) is 3.69. The molecule has 0 aliphatic heterocycles. The van der Waals surface area contributed by atoms with Crippen molar-refractivity contribution in [3.63, 3.8) is 0 Å². The van der Waals surface area contributed by atoms with Crippen LogP contribution in [0.15, 0.2) is 103 Å². The third-order valence-corrected chi connectivity index (χ3v) is 4.69. The van der Waals surface area contributed by atoms with Crippen LogP contribution in [0.2, 0.25) is 0 Å². The van der Waals surface area contributed by atoms with Crippen molar-refractivity contribution < 1.29 is 8.83 Å². The molecular weight excluding hydrogens is 352 g/mol. The van der Waals surface area contributed by atoms with Crippen LogP contribution < -0.4 is 10.9 Å². The van der Waals surface area contributed by atoms with Crippen molar-refractivity contribution in [3.8, 4) is 22.6 Å². The van der Waals surface area contributed by atoms with Gasteiger partial charge in [-0.3, -0.25) is 9.59 Å². The number of rotatable bonds is 2. The van der Waals surface area contributed by atoms with Crippen LogP contribution >= 0.6 is 0 Å². The molecule has 3 aromatic carbocycles. The van der Waals surface area contributed by atoms with E-state index in [2.05, 4.69) is 0 Å². The molecule has 134 valence electrons. The quantitative estimate of drug-likeness (QED) is 0.401. The van der Waals surface area contributed by atoms with Crippen LogP contribution in [0.25, 0.3) is 44.6 Å². The molecule has 0 unspecified atom stereocenters. The van der Waals surface area contributed by atoms with Crippen molar-refractivity contribution in [1.29, 1.82) is 0 Å². The zero-order valence-corrected chi connectivity index (χ0v) is 14.7. The van der Waals surface area contributed by atoms with Gasteiger partial charge in [0.15, 0.2) is 10.9 Å². The molecule has 5 aromatic rings. The minimum absolute atomic E-state index is 0.200. The van der Waals surface area contributed by atoms with Gasteiger partial charge < -0.3 is 8.83 Å². The van der Waals surface area contributed by atoms with Gasteiger partial charge in [0.25, 0.3) is 0 Å². The van der Waals surface area contributed by atoms with E-state index in [0.717, 1.165) is 11.1 Å². The summed E-state index contributed by atoms with van der Waals surface area (Å²) < 4.78 is 11.9. The molecule has 0 saturated heterocycles. The van der Waals surface area contributed by atoms with Gasteiger partial charge in [-0.2, -0.15) is 0 Å². The van der Waals surface area contributed by atoms with E-state index in [0.29, 0.717) is 33.5 Å². The topological polar surface area (TPSA) is 60.4 Å². The van der Waals surface area contributed by atoms with Gasteiger partial charge in [-0.15, -0.1) is 0 Å². The highest BCUT2D eigenvalue weighted by atomic mass is 16.3. The normalized spacial score (nSPS) is 11.1. The summed E-state index contributed by atoms with van der Waals surface area (Å²) in [5.41, 5.74) is 1.98. The van der Waals surface area contributed by atoms with Crippen LogP contribution in [0.4, 0.5) is 0 Å². The average molecular weight is 366 g/mol. The Morgan fingerprint density at radius 3 is 1.36 bits per heavy atom. The summed E-state index contributed by atoms with van der Waals surface area (Å²) in [4.78, 5) is 25.2. The molecule has 4 nitrogen and oxygen atoms in total. The maximum absolute atomic E-state index is 12.6. The van der Waals surface area contributed by atoms with Gasteiger partial charge in [0, 0.05) is 29.3 Å². The largest absolute Gasteiger partial charge is 0.456 e. The summed E-state index contributed by atoms with van der Waals surface area (Å²) in [6.07, 6.45) is 0. The van der Waals surface area contributed by atoms with E-state index in [1.807, 2.05) is 60.7 Å². The fourth-order valence-electron chi connectivity index (χ4n) is 3.29. The summed E-state index contributed by atoms with van der Waals surface area (Å²) >= 11 is 0. The number of hydrogen-bond acceptors (Lipinski definition) is 4. The Hall–Kier alpha value is -3.92. The first-order chi connectivity index (χ1) is 13.7. The number of hydrogen-bond donors (Lipinski definition) is 0. The molecular formula is C24H14O4. The lowest BCUT2D eigenvalue weighted by molar-refractivity contribution is 0.606. The molecule has 5 rings (SSSR count). The van der Waals surface area contributed by atoms with E-state index in [1.165, 1.54) is 12.1 Å². The molecule has 2 heterocycles. The monoisotopic (exact) mass is 366 g/mol. The molecule has 0 saturated carbocycles. The minimum Gasteiger partial charge on any atom is -0.456 e. The minimum atomic E-state index is -0.200. The van der Waals surface area contributed by atoms with Crippen LogP contribution in [0.3, 0.4) is 0 Å². The van der Waals surface area contributed by atoms with Gasteiger partial charge in [0.05, 0.1) is 10.8 Å². The lowest BCUT2D eigenvalue weighted by Crippen LogP contribution is -2.04. The summed E-state index contributed by atoms with van der Waals surface area (Å²) in [5, 5.41) is 0.707. The third-order valence-electron chi connectivity index (χ3n) is 4.69. The molecule has 0 fully saturated rings. The van der Waals surface area contributed by atoms with E-state index < -0.39 is 0 Å². The van der Waals surface area contributed by atoms with Crippen LogP contribution in [0, 0.1) is 0 Å². The van der Waals surface area contributed by atoms with Crippen molar-refractivity contribution >= 4 is 21.9 Å². The highest BCUT2D eigenvalue weighted by molar-refractivity contribution is 5.93. The first-order valence-electron chi connectivity index (χ1n) is 8.86. The molecule has 28 heavy (non-hydrogen) atoms. The van der Waals surface area contributed by atoms with Crippen molar-refractivity contribution in [2.75, 3.05) is 0 Å². The number of benzene rings is 3. The van der Waals surface area contributed by atoms with Crippen LogP contribution in [-0.2, 0) is 0 Å². The van der Waals surface area contributed by atoms with Crippen molar-refractivity contribution in [3.05, 3.63) is 105 Å². The van der Waals surface area contributed by atoms with Gasteiger partial charge in [0.1, 0.15) is 22.7 Å². The lowest BCUT2D eigenvalue weighted by atomic mass is 10.1. The maximum atomic E-state index is 12.6. The van der Waals surface area contributed by atoms with Crippen LogP contribution in [-0.4, -0.2) is 0 Å². The van der Waals surface area contributed by atoms with Crippen LogP contribution in [0.1, 0.15) is 0 Å². The SMILES string of the molecule is O=c1cc(-c2ccccc2)oc2cc3oc(-c4ccccc4)cc(=O)c3cc12. The Morgan fingerprint density at radius 2 is 0.929 bits per heavy atom. The smallest absolute Gasteiger partial charge is 0.193 e. The highest BCUT2D eigenvalue weighted by Crippen LogP contribution is 2.27. The fraction of sp³-hybridized carbons (Fsp3) is 0. The zero-order chi connectivity index (χ0) is 19.1. The lowest BCUT2D eigenvalue weighted by Gasteiger charge is -2.06. The van der Waals surface area contributed by atoms with Gasteiger partial charge >= 0.3 is 0 Å². The maximum Gasteiger partial charge on any atom is 0.193 e. The second-order valence-electron chi connectivity index (χ2n) is 6.53. The van der Waals surface area contributed by atoms with E-state index in [9.17, 15) is 9.59 Å². The first-order valence-corrected chi connectivity index (χ1v) is 8.86. The van der Waals surface area contributed by atoms with Crippen molar-refractivity contribution in [2.45, 2.75) is 0 Å². The summed E-state index contributed by atoms with van der Waals surface area (Å²) in [5.74, 6) is 0.943. The average Bonchev–Trinajstić information content (AvgIpc) is 2.74. The van der Waals surface area contributed by atoms with E-state index in [1.54, 1.807) is 12.1 Å². The second kappa shape index (κ2) is 6.35. The van der Waals surface area contributed by atoms with E-state index in [-0.39, 0.29) is 10.9 Å². The molecule has 0 aliphatic carbocycles. The molecule has 0 atom stereocenters. The molecule has 4 heteroatoms. The Labute approximate surface area is 159 Å². The molecule has 2 aromatic heterocycles. The van der Waals surface area contributed by atoms with Gasteiger partial charge in [-0.1, -0.05) is 60.7 Å². The molecule has 0 bridgehead atoms. The Balaban J connectivity index is 1.78. The fourth-order valence-corrected chi connectivity index (χ4v) is 3.29. The predicted octanol–water partition coefficient (Wildman–Crippen LogP) is 5.23. The van der Waals surface area contributed by atoms with Gasteiger partial charge in [-0.05, 0) is 6.07 Å². The second-order valence-corrected chi connectivity index (χ2v) is 6.53. The van der Waals surface area contributed by atoms with Gasteiger partial charge in [0.2, 0.25) is 0 Å². The summed E-state index contributed by atoms with van der Waals surface area (Å²) in [6, 6.07) is 24.9. The third kappa shape index (κ3) is 2.72. The first kappa shape index (κ1) is 16.3. The Bertz CT molecular complexity index is 1320. The molecule has 0 N–H and O–H groups in total. The predicted molar refractivity (Wildman–Crippen MR) is 109 cm³/mol. The van der Waals surface area contributed by atoms with Crippen LogP contribution in [0.5, 0.6) is 0 Å². The van der Waals surface area contributed by atoms with Crippen molar-refractivity contribution in [1.82, 2.24) is 0 Å². The summed E-state index contributed by atoms with van der Waals surface area (Å²) in [6.45, 7) is 0. The molecule has 0 amide bonds. The standard InChI is InChI=1S/C24H14O4/c25-19-12-21(15-7-3-1-4-8-15)27-23-14-24-18(11-17(19)23)20(26)13-22(28-24)16-9-5-2-6-10-16/h1-14H. The molecule has 0 radical (unpaired) electrons. The van der Waals surface area contributed by atoms with Crippen molar-refractivity contribution in [2.24, 2.45) is 0 Å². The van der Waals surface area contributed by atoms with Gasteiger partial charge in [-0.25, -0.2) is 0 Å². The number of fused-ring (bicyclic) bond motifs is 2. The molecule has 0 spiro atoms. The van der Waals surface area contributed by atoms with E-state index in [4.69, 9.17) is 8.83 Å². The Morgan fingerprint density at radius 1 is 0.500 bits per heavy atom. The summed E-state index contributed by atoms with van der Waals surface area (Å²) in [7, 11) is 0. The zero-order valence-electron chi connectivity index (χ0n) is 14.7. The molecule has 0 aliphatic rings. The van der Waals surface area contributed by atoms with E-state index >= 15 is 0 Å².